The molecule has 0 aliphatic rings. The predicted molar refractivity (Wildman–Crippen MR) is 112 cm³/mol. The number of amides is 1. The Morgan fingerprint density at radius 1 is 1.22 bits per heavy atom. The van der Waals surface area contributed by atoms with E-state index in [0.717, 1.165) is 16.8 Å². The van der Waals surface area contributed by atoms with Crippen LogP contribution in [0.15, 0.2) is 47.3 Å². The zero-order valence-corrected chi connectivity index (χ0v) is 16.5. The Hall–Kier alpha value is -2.44. The molecule has 1 amide bonds. The number of aromatic nitrogens is 1. The van der Waals surface area contributed by atoms with E-state index >= 15 is 0 Å². The summed E-state index contributed by atoms with van der Waals surface area (Å²) < 4.78 is 5.15. The molecule has 5 nitrogen and oxygen atoms in total. The van der Waals surface area contributed by atoms with Gasteiger partial charge in [-0.2, -0.15) is 0 Å². The second kappa shape index (κ2) is 8.50. The summed E-state index contributed by atoms with van der Waals surface area (Å²) in [4.78, 5) is 27.6. The first-order valence-electron chi connectivity index (χ1n) is 8.30. The van der Waals surface area contributed by atoms with Gasteiger partial charge >= 0.3 is 0 Å². The number of carbonyl (C=O) groups is 1. The molecule has 0 unspecified atom stereocenters. The maximum atomic E-state index is 12.3. The Morgan fingerprint density at radius 3 is 2.78 bits per heavy atom. The highest BCUT2D eigenvalue weighted by atomic mass is 35.5. The van der Waals surface area contributed by atoms with E-state index in [1.165, 1.54) is 11.8 Å². The number of thioether (sulfide) groups is 1. The molecule has 3 aromatic rings. The number of H-pyrrole nitrogens is 1. The van der Waals surface area contributed by atoms with Crippen LogP contribution in [-0.2, 0) is 10.5 Å². The average Bonchev–Trinajstić information content (AvgIpc) is 2.64. The van der Waals surface area contributed by atoms with Gasteiger partial charge in [0.25, 0.3) is 0 Å². The third-order valence-corrected chi connectivity index (χ3v) is 5.43. The number of rotatable bonds is 6. The minimum absolute atomic E-state index is 0.0722. The van der Waals surface area contributed by atoms with Gasteiger partial charge in [-0.15, -0.1) is 11.8 Å². The number of halogens is 1. The van der Waals surface area contributed by atoms with Crippen LogP contribution in [0.4, 0.5) is 5.69 Å². The lowest BCUT2D eigenvalue weighted by Gasteiger charge is -2.08. The van der Waals surface area contributed by atoms with Crippen LogP contribution in [0.3, 0.4) is 0 Å². The van der Waals surface area contributed by atoms with Gasteiger partial charge in [-0.25, -0.2) is 0 Å². The lowest BCUT2D eigenvalue weighted by Crippen LogP contribution is -2.14. The molecule has 0 aliphatic carbocycles. The number of carbonyl (C=O) groups excluding carboxylic acids is 1. The molecule has 2 N–H and O–H groups in total. The Labute approximate surface area is 166 Å². The van der Waals surface area contributed by atoms with Crippen molar-refractivity contribution in [3.05, 3.63) is 69.0 Å². The number of nitrogens with one attached hydrogen (secondary N) is 2. The summed E-state index contributed by atoms with van der Waals surface area (Å²) in [6.07, 6.45) is 0. The van der Waals surface area contributed by atoms with E-state index in [-0.39, 0.29) is 17.1 Å². The normalized spacial score (nSPS) is 10.8. The molecule has 1 heterocycles. The summed E-state index contributed by atoms with van der Waals surface area (Å²) in [6, 6.07) is 12.3. The highest BCUT2D eigenvalue weighted by Gasteiger charge is 2.07. The van der Waals surface area contributed by atoms with Crippen molar-refractivity contribution in [2.45, 2.75) is 12.7 Å². The molecule has 140 valence electrons. The van der Waals surface area contributed by atoms with Crippen LogP contribution in [0.25, 0.3) is 10.9 Å². The first-order chi connectivity index (χ1) is 13.0. The smallest absolute Gasteiger partial charge is 0.234 e. The largest absolute Gasteiger partial charge is 0.497 e. The maximum Gasteiger partial charge on any atom is 0.234 e. The van der Waals surface area contributed by atoms with Crippen molar-refractivity contribution in [2.75, 3.05) is 18.2 Å². The molecule has 0 spiro atoms. The Morgan fingerprint density at radius 2 is 2.04 bits per heavy atom. The molecular formula is C20H19ClN2O3S. The van der Waals surface area contributed by atoms with Crippen LogP contribution in [0.2, 0.25) is 5.02 Å². The first-order valence-corrected chi connectivity index (χ1v) is 9.83. The summed E-state index contributed by atoms with van der Waals surface area (Å²) in [7, 11) is 1.57. The fourth-order valence-electron chi connectivity index (χ4n) is 2.61. The summed E-state index contributed by atoms with van der Waals surface area (Å²) >= 11 is 7.49. The van der Waals surface area contributed by atoms with Crippen LogP contribution in [0.5, 0.6) is 5.75 Å². The summed E-state index contributed by atoms with van der Waals surface area (Å²) in [5.41, 5.74) is 3.08. The van der Waals surface area contributed by atoms with Gasteiger partial charge in [0.05, 0.1) is 12.9 Å². The Balaban J connectivity index is 1.60. The zero-order chi connectivity index (χ0) is 19.4. The van der Waals surface area contributed by atoms with Gasteiger partial charge in [-0.1, -0.05) is 17.7 Å². The van der Waals surface area contributed by atoms with Crippen molar-refractivity contribution in [2.24, 2.45) is 0 Å². The Kier molecular flexibility index (Phi) is 6.08. The highest BCUT2D eigenvalue weighted by molar-refractivity contribution is 7.99. The molecule has 0 atom stereocenters. The molecule has 1 aromatic heterocycles. The molecule has 0 fully saturated rings. The third-order valence-electron chi connectivity index (χ3n) is 4.04. The lowest BCUT2D eigenvalue weighted by molar-refractivity contribution is -0.113. The van der Waals surface area contributed by atoms with Crippen molar-refractivity contribution in [1.29, 1.82) is 0 Å². The SMILES string of the molecule is COc1ccc2[nH]c(CSCC(=O)Nc3ccc(C)c(Cl)c3)cc(=O)c2c1. The molecule has 27 heavy (non-hydrogen) atoms. The minimum atomic E-state index is -0.118. The minimum Gasteiger partial charge on any atom is -0.497 e. The summed E-state index contributed by atoms with van der Waals surface area (Å²) in [6.45, 7) is 1.91. The molecule has 0 aliphatic heterocycles. The van der Waals surface area contributed by atoms with E-state index in [0.29, 0.717) is 27.6 Å². The van der Waals surface area contributed by atoms with E-state index < -0.39 is 0 Å². The number of fused-ring (bicyclic) bond motifs is 1. The molecule has 0 radical (unpaired) electrons. The summed E-state index contributed by atoms with van der Waals surface area (Å²) in [5, 5.41) is 4.02. The van der Waals surface area contributed by atoms with Gasteiger partial charge in [0.2, 0.25) is 5.91 Å². The highest BCUT2D eigenvalue weighted by Crippen LogP contribution is 2.21. The van der Waals surface area contributed by atoms with E-state index in [9.17, 15) is 9.59 Å². The number of hydrogen-bond donors (Lipinski definition) is 2. The van der Waals surface area contributed by atoms with E-state index in [4.69, 9.17) is 16.3 Å². The standard InChI is InChI=1S/C20H19ClN2O3S/c1-12-3-4-13(7-17(12)21)23-20(25)11-27-10-14-8-19(24)16-9-15(26-2)5-6-18(16)22-14/h3-9H,10-11H2,1-2H3,(H,22,24)(H,23,25). The number of hydrogen-bond acceptors (Lipinski definition) is 4. The van der Waals surface area contributed by atoms with Crippen molar-refractivity contribution in [3.8, 4) is 5.75 Å². The van der Waals surface area contributed by atoms with Crippen molar-refractivity contribution in [3.63, 3.8) is 0 Å². The van der Waals surface area contributed by atoms with Gasteiger partial charge < -0.3 is 15.0 Å². The Bertz CT molecular complexity index is 1050. The first kappa shape index (κ1) is 19.3. The van der Waals surface area contributed by atoms with Gasteiger partial charge in [0.15, 0.2) is 5.43 Å². The number of methoxy groups -OCH3 is 1. The molecule has 0 saturated carbocycles. The van der Waals surface area contributed by atoms with Crippen LogP contribution >= 0.6 is 23.4 Å². The van der Waals surface area contributed by atoms with Gasteiger partial charge in [0.1, 0.15) is 5.75 Å². The second-order valence-corrected chi connectivity index (χ2v) is 7.47. The average molecular weight is 403 g/mol. The third kappa shape index (κ3) is 4.84. The van der Waals surface area contributed by atoms with Crippen LogP contribution in [0, 0.1) is 6.92 Å². The molecule has 3 rings (SSSR count). The van der Waals surface area contributed by atoms with Gasteiger partial charge in [0, 0.05) is 39.1 Å². The van der Waals surface area contributed by atoms with Gasteiger partial charge in [-0.05, 0) is 42.8 Å². The van der Waals surface area contributed by atoms with Crippen LogP contribution in [0.1, 0.15) is 11.3 Å². The number of benzene rings is 2. The number of anilines is 1. The molecular weight excluding hydrogens is 384 g/mol. The van der Waals surface area contributed by atoms with E-state index in [1.54, 1.807) is 31.4 Å². The van der Waals surface area contributed by atoms with E-state index in [1.807, 2.05) is 25.1 Å². The molecule has 0 saturated heterocycles. The van der Waals surface area contributed by atoms with Gasteiger partial charge in [-0.3, -0.25) is 9.59 Å². The van der Waals surface area contributed by atoms with Crippen molar-refractivity contribution < 1.29 is 9.53 Å². The fourth-order valence-corrected chi connectivity index (χ4v) is 3.52. The summed E-state index contributed by atoms with van der Waals surface area (Å²) in [5.74, 6) is 1.32. The second-order valence-electron chi connectivity index (χ2n) is 6.08. The van der Waals surface area contributed by atoms with Crippen LogP contribution < -0.4 is 15.5 Å². The number of ether oxygens (including phenoxy) is 1. The number of pyridine rings is 1. The van der Waals surface area contributed by atoms with Crippen LogP contribution in [-0.4, -0.2) is 23.8 Å². The van der Waals surface area contributed by atoms with Crippen molar-refractivity contribution in [1.82, 2.24) is 4.98 Å². The number of aryl methyl sites for hydroxylation is 1. The molecule has 7 heteroatoms. The van der Waals surface area contributed by atoms with Crippen molar-refractivity contribution >= 4 is 45.9 Å². The quantitative estimate of drug-likeness (QED) is 0.642. The lowest BCUT2D eigenvalue weighted by atomic mass is 10.2. The molecule has 0 bridgehead atoms. The predicted octanol–water partition coefficient (Wildman–Crippen LogP) is 4.37. The molecule has 2 aromatic carbocycles. The number of aromatic amines is 1. The monoisotopic (exact) mass is 402 g/mol. The fraction of sp³-hybridized carbons (Fsp3) is 0.200. The van der Waals surface area contributed by atoms with E-state index in [2.05, 4.69) is 10.3 Å². The zero-order valence-electron chi connectivity index (χ0n) is 15.0. The maximum absolute atomic E-state index is 12.3. The topological polar surface area (TPSA) is 71.2 Å².